The van der Waals surface area contributed by atoms with Gasteiger partial charge < -0.3 is 4.40 Å². The molecule has 50 heavy (non-hydrogen) atoms. The van der Waals surface area contributed by atoms with Crippen molar-refractivity contribution >= 4 is 47.9 Å². The highest BCUT2D eigenvalue weighted by atomic mass is 32.1. The number of fused-ring (bicyclic) bond motifs is 5. The summed E-state index contributed by atoms with van der Waals surface area (Å²) in [5, 5.41) is 4.74. The van der Waals surface area contributed by atoms with Crippen molar-refractivity contribution in [3.8, 4) is 56.5 Å². The average Bonchev–Trinajstić information content (AvgIpc) is 3.79. The van der Waals surface area contributed by atoms with Gasteiger partial charge in [0.05, 0.1) is 5.69 Å². The summed E-state index contributed by atoms with van der Waals surface area (Å²) in [4.78, 5) is 20.2. The molecular weight excluding hydrogens is 631 g/mol. The highest BCUT2D eigenvalue weighted by molar-refractivity contribution is 7.26. The Morgan fingerprint density at radius 2 is 1.10 bits per heavy atom. The Morgan fingerprint density at radius 3 is 1.92 bits per heavy atom. The molecule has 0 amide bonds. The van der Waals surface area contributed by atoms with Gasteiger partial charge in [-0.25, -0.2) is 19.9 Å². The molecule has 10 rings (SSSR count). The number of benzene rings is 6. The van der Waals surface area contributed by atoms with E-state index in [1.165, 1.54) is 31.1 Å². The van der Waals surface area contributed by atoms with E-state index in [0.29, 0.717) is 17.5 Å². The summed E-state index contributed by atoms with van der Waals surface area (Å²) < 4.78 is 4.47. The van der Waals surface area contributed by atoms with Crippen LogP contribution >= 0.6 is 11.3 Å². The topological polar surface area (TPSA) is 56.0 Å². The smallest absolute Gasteiger partial charge is 0.164 e. The fraction of sp³-hybridized carbons (Fsp3) is 0. The molecular formula is C44H27N5S. The van der Waals surface area contributed by atoms with Crippen molar-refractivity contribution in [2.45, 2.75) is 0 Å². The van der Waals surface area contributed by atoms with E-state index in [1.54, 1.807) is 11.3 Å². The van der Waals surface area contributed by atoms with Gasteiger partial charge in [0.1, 0.15) is 5.65 Å². The van der Waals surface area contributed by atoms with Crippen LogP contribution in [-0.2, 0) is 0 Å². The van der Waals surface area contributed by atoms with E-state index in [1.807, 2.05) is 30.5 Å². The molecule has 0 bridgehead atoms. The van der Waals surface area contributed by atoms with Crippen molar-refractivity contribution in [3.05, 3.63) is 164 Å². The molecule has 0 saturated carbocycles. The molecule has 0 N–H and O–H groups in total. The lowest BCUT2D eigenvalue weighted by atomic mass is 10.0. The van der Waals surface area contributed by atoms with E-state index in [4.69, 9.17) is 19.9 Å². The fourth-order valence-corrected chi connectivity index (χ4v) is 7.95. The van der Waals surface area contributed by atoms with Crippen molar-refractivity contribution in [3.63, 3.8) is 0 Å². The van der Waals surface area contributed by atoms with Crippen molar-refractivity contribution < 1.29 is 0 Å². The fourth-order valence-electron chi connectivity index (χ4n) is 6.78. The first kappa shape index (κ1) is 28.5. The number of aromatic nitrogens is 5. The van der Waals surface area contributed by atoms with Crippen LogP contribution in [0.5, 0.6) is 0 Å². The average molecular weight is 658 g/mol. The minimum absolute atomic E-state index is 0.642. The zero-order chi connectivity index (χ0) is 33.0. The zero-order valence-corrected chi connectivity index (χ0v) is 27.5. The van der Waals surface area contributed by atoms with Crippen LogP contribution in [-0.4, -0.2) is 24.3 Å². The minimum Gasteiger partial charge on any atom is -0.306 e. The van der Waals surface area contributed by atoms with E-state index >= 15 is 0 Å². The van der Waals surface area contributed by atoms with Crippen LogP contribution in [0.15, 0.2) is 164 Å². The van der Waals surface area contributed by atoms with E-state index in [0.717, 1.165) is 44.5 Å². The van der Waals surface area contributed by atoms with Crippen LogP contribution in [0.4, 0.5) is 0 Å². The van der Waals surface area contributed by atoms with Gasteiger partial charge in [0, 0.05) is 54.8 Å². The third kappa shape index (κ3) is 4.93. The molecule has 0 spiro atoms. The number of hydrogen-bond donors (Lipinski definition) is 0. The summed E-state index contributed by atoms with van der Waals surface area (Å²) in [6.07, 6.45) is 4.14. The summed E-state index contributed by atoms with van der Waals surface area (Å²) in [7, 11) is 0. The van der Waals surface area contributed by atoms with Gasteiger partial charge in [-0.3, -0.25) is 0 Å². The predicted molar refractivity (Wildman–Crippen MR) is 206 cm³/mol. The SMILES string of the molecule is c1ccc(-c2ccc(-c3nc(-c4ccc5ccccc5c4)nc(-c4ccc5c(c4)sc4cccc(-c6cn7ccccc7n6)c45)n3)cc2)cc1. The molecule has 0 unspecified atom stereocenters. The Kier molecular flexibility index (Phi) is 6.60. The van der Waals surface area contributed by atoms with Gasteiger partial charge in [0.2, 0.25) is 0 Å². The van der Waals surface area contributed by atoms with E-state index in [9.17, 15) is 0 Å². The number of nitrogens with zero attached hydrogens (tertiary/aromatic N) is 5. The monoisotopic (exact) mass is 657 g/mol. The molecule has 0 aliphatic heterocycles. The van der Waals surface area contributed by atoms with Crippen LogP contribution in [0.1, 0.15) is 0 Å². The van der Waals surface area contributed by atoms with Gasteiger partial charge >= 0.3 is 0 Å². The second-order valence-electron chi connectivity index (χ2n) is 12.4. The number of thiophene rings is 1. The quantitative estimate of drug-likeness (QED) is 0.185. The maximum Gasteiger partial charge on any atom is 0.164 e. The number of rotatable bonds is 5. The van der Waals surface area contributed by atoms with Crippen molar-refractivity contribution in [1.29, 1.82) is 0 Å². The molecule has 0 radical (unpaired) electrons. The molecule has 0 fully saturated rings. The minimum atomic E-state index is 0.642. The lowest BCUT2D eigenvalue weighted by Gasteiger charge is -2.10. The maximum absolute atomic E-state index is 5.09. The number of imidazole rings is 1. The van der Waals surface area contributed by atoms with Crippen LogP contribution < -0.4 is 0 Å². The van der Waals surface area contributed by atoms with E-state index in [2.05, 4.69) is 138 Å². The van der Waals surface area contributed by atoms with Crippen molar-refractivity contribution in [1.82, 2.24) is 24.3 Å². The normalized spacial score (nSPS) is 11.6. The Bertz CT molecular complexity index is 2840. The molecule has 10 aromatic rings. The zero-order valence-electron chi connectivity index (χ0n) is 26.7. The summed E-state index contributed by atoms with van der Waals surface area (Å²) >= 11 is 1.78. The third-order valence-corrected chi connectivity index (χ3v) is 10.4. The summed E-state index contributed by atoms with van der Waals surface area (Å²) in [6, 6.07) is 52.7. The molecule has 6 aromatic carbocycles. The van der Waals surface area contributed by atoms with Crippen LogP contribution in [0, 0.1) is 0 Å². The Hall–Kier alpha value is -6.50. The molecule has 234 valence electrons. The molecule has 6 heteroatoms. The lowest BCUT2D eigenvalue weighted by Crippen LogP contribution is -2.00. The van der Waals surface area contributed by atoms with Crippen LogP contribution in [0.25, 0.3) is 93.1 Å². The first-order valence-corrected chi connectivity index (χ1v) is 17.4. The van der Waals surface area contributed by atoms with Crippen molar-refractivity contribution in [2.24, 2.45) is 0 Å². The van der Waals surface area contributed by atoms with Crippen LogP contribution in [0.2, 0.25) is 0 Å². The van der Waals surface area contributed by atoms with Crippen molar-refractivity contribution in [2.75, 3.05) is 0 Å². The summed E-state index contributed by atoms with van der Waals surface area (Å²) in [5.41, 5.74) is 8.19. The highest BCUT2D eigenvalue weighted by Gasteiger charge is 2.17. The Balaban J connectivity index is 1.11. The van der Waals surface area contributed by atoms with Gasteiger partial charge in [-0.1, -0.05) is 121 Å². The Morgan fingerprint density at radius 1 is 0.440 bits per heavy atom. The first-order chi connectivity index (χ1) is 24.7. The predicted octanol–water partition coefficient (Wildman–Crippen LogP) is 11.4. The molecule has 4 aromatic heterocycles. The van der Waals surface area contributed by atoms with Crippen LogP contribution in [0.3, 0.4) is 0 Å². The molecule has 0 aliphatic carbocycles. The first-order valence-electron chi connectivity index (χ1n) is 16.5. The third-order valence-electron chi connectivity index (χ3n) is 9.29. The van der Waals surface area contributed by atoms with Gasteiger partial charge in [0.15, 0.2) is 17.5 Å². The van der Waals surface area contributed by atoms with E-state index < -0.39 is 0 Å². The standard InChI is InChI=1S/C44H27N5S/c1-2-9-28(10-3-1)30-16-19-31(20-17-30)42-46-43(33-21-18-29-11-4-5-12-32(29)25-33)48-44(47-42)34-22-23-36-39(26-34)50-38-14-8-13-35(41(36)38)37-27-49-24-7-6-15-40(49)45-37/h1-27H. The summed E-state index contributed by atoms with van der Waals surface area (Å²) in [6.45, 7) is 0. The molecule has 0 saturated heterocycles. The summed E-state index contributed by atoms with van der Waals surface area (Å²) in [5.74, 6) is 1.93. The molecule has 4 heterocycles. The second-order valence-corrected chi connectivity index (χ2v) is 13.5. The number of pyridine rings is 1. The second kappa shape index (κ2) is 11.6. The molecule has 0 aliphatic rings. The molecule has 5 nitrogen and oxygen atoms in total. The number of hydrogen-bond acceptors (Lipinski definition) is 5. The maximum atomic E-state index is 5.09. The Labute approximate surface area is 291 Å². The van der Waals surface area contributed by atoms with Gasteiger partial charge in [-0.2, -0.15) is 0 Å². The molecule has 0 atom stereocenters. The van der Waals surface area contributed by atoms with E-state index in [-0.39, 0.29) is 0 Å². The van der Waals surface area contributed by atoms with Gasteiger partial charge in [-0.05, 0) is 52.2 Å². The van der Waals surface area contributed by atoms with Gasteiger partial charge in [0.25, 0.3) is 0 Å². The highest BCUT2D eigenvalue weighted by Crippen LogP contribution is 2.41. The van der Waals surface area contributed by atoms with Gasteiger partial charge in [-0.15, -0.1) is 11.3 Å². The largest absolute Gasteiger partial charge is 0.306 e. The lowest BCUT2D eigenvalue weighted by molar-refractivity contribution is 1.08.